The Hall–Kier alpha value is -2.21. The number of imidazole rings is 1. The van der Waals surface area contributed by atoms with Crippen LogP contribution in [0.2, 0.25) is 0 Å². The van der Waals surface area contributed by atoms with Gasteiger partial charge in [0.05, 0.1) is 18.1 Å². The smallest absolute Gasteiger partial charge is 0.271 e. The zero-order valence-electron chi connectivity index (χ0n) is 10.8. The van der Waals surface area contributed by atoms with Gasteiger partial charge in [-0.2, -0.15) is 0 Å². The van der Waals surface area contributed by atoms with E-state index in [1.54, 1.807) is 23.3 Å². The molecule has 0 radical (unpaired) electrons. The lowest BCUT2D eigenvalue weighted by Crippen LogP contribution is -2.27. The number of hydrogen-bond donors (Lipinski definition) is 2. The second-order valence-corrected chi connectivity index (χ2v) is 4.24. The number of amides is 1. The van der Waals surface area contributed by atoms with Crippen LogP contribution in [0.25, 0.3) is 0 Å². The van der Waals surface area contributed by atoms with Gasteiger partial charge in [0.15, 0.2) is 0 Å². The summed E-state index contributed by atoms with van der Waals surface area (Å²) in [7, 11) is 0. The Morgan fingerprint density at radius 1 is 1.47 bits per heavy atom. The van der Waals surface area contributed by atoms with Crippen molar-refractivity contribution < 1.29 is 4.79 Å². The highest BCUT2D eigenvalue weighted by Crippen LogP contribution is 2.09. The van der Waals surface area contributed by atoms with Crippen molar-refractivity contribution in [1.82, 2.24) is 19.9 Å². The third-order valence-electron chi connectivity index (χ3n) is 2.73. The zero-order chi connectivity index (χ0) is 13.7. The molecule has 1 atom stereocenters. The normalized spacial score (nSPS) is 12.1. The van der Waals surface area contributed by atoms with Gasteiger partial charge in [0, 0.05) is 25.5 Å². The van der Waals surface area contributed by atoms with Crippen molar-refractivity contribution in [1.29, 1.82) is 0 Å². The van der Waals surface area contributed by atoms with Crippen molar-refractivity contribution in [3.8, 4) is 0 Å². The summed E-state index contributed by atoms with van der Waals surface area (Å²) in [4.78, 5) is 20.3. The lowest BCUT2D eigenvalue weighted by atomic mass is 10.2. The number of nitrogens with two attached hydrogens (primary N) is 1. The number of pyridine rings is 1. The summed E-state index contributed by atoms with van der Waals surface area (Å²) >= 11 is 0. The average molecular weight is 259 g/mol. The predicted molar refractivity (Wildman–Crippen MR) is 71.4 cm³/mol. The Balaban J connectivity index is 2.00. The van der Waals surface area contributed by atoms with Crippen LogP contribution in [-0.4, -0.2) is 27.0 Å². The molecular weight excluding hydrogens is 242 g/mol. The lowest BCUT2D eigenvalue weighted by Gasteiger charge is -2.11. The van der Waals surface area contributed by atoms with Gasteiger partial charge >= 0.3 is 0 Å². The number of aromatic nitrogens is 3. The molecule has 0 unspecified atom stereocenters. The number of carbonyl (C=O) groups excluding carboxylic acids is 1. The van der Waals surface area contributed by atoms with Gasteiger partial charge in [0.1, 0.15) is 5.69 Å². The number of nitrogens with zero attached hydrogens (tertiary/aromatic N) is 3. The molecule has 0 aliphatic rings. The van der Waals surface area contributed by atoms with E-state index < -0.39 is 0 Å². The fraction of sp³-hybridized carbons (Fsp3) is 0.308. The second kappa shape index (κ2) is 6.10. The zero-order valence-corrected chi connectivity index (χ0v) is 10.8. The minimum Gasteiger partial charge on any atom is -0.343 e. The van der Waals surface area contributed by atoms with Gasteiger partial charge in [-0.3, -0.25) is 9.78 Å². The van der Waals surface area contributed by atoms with E-state index in [0.717, 1.165) is 5.69 Å². The highest BCUT2D eigenvalue weighted by Gasteiger charge is 2.14. The van der Waals surface area contributed by atoms with Gasteiger partial charge in [0.2, 0.25) is 0 Å². The molecule has 3 N–H and O–H groups in total. The van der Waals surface area contributed by atoms with Crippen molar-refractivity contribution in [3.05, 3.63) is 48.3 Å². The Morgan fingerprint density at radius 2 is 2.32 bits per heavy atom. The molecule has 0 fully saturated rings. The number of nitrogens with one attached hydrogen (secondary N) is 1. The first kappa shape index (κ1) is 13.2. The third-order valence-corrected chi connectivity index (χ3v) is 2.73. The Morgan fingerprint density at radius 3 is 3.00 bits per heavy atom. The molecule has 2 rings (SSSR count). The summed E-state index contributed by atoms with van der Waals surface area (Å²) in [6.07, 6.45) is 4.99. The molecule has 0 saturated carbocycles. The van der Waals surface area contributed by atoms with Gasteiger partial charge in [-0.1, -0.05) is 6.07 Å². The van der Waals surface area contributed by atoms with Crippen LogP contribution in [0.4, 0.5) is 0 Å². The Bertz CT molecular complexity index is 537. The molecule has 0 aliphatic carbocycles. The summed E-state index contributed by atoms with van der Waals surface area (Å²) < 4.78 is 1.79. The van der Waals surface area contributed by atoms with Gasteiger partial charge in [-0.15, -0.1) is 0 Å². The van der Waals surface area contributed by atoms with Crippen LogP contribution < -0.4 is 11.1 Å². The summed E-state index contributed by atoms with van der Waals surface area (Å²) in [5.41, 5.74) is 6.65. The maximum Gasteiger partial charge on any atom is 0.271 e. The number of rotatable bonds is 5. The van der Waals surface area contributed by atoms with Crippen LogP contribution in [0, 0.1) is 0 Å². The van der Waals surface area contributed by atoms with Crippen LogP contribution >= 0.6 is 0 Å². The molecule has 100 valence electrons. The minimum atomic E-state index is -0.214. The molecule has 6 nitrogen and oxygen atoms in total. The quantitative estimate of drug-likeness (QED) is 0.828. The van der Waals surface area contributed by atoms with Gasteiger partial charge in [-0.05, 0) is 19.1 Å². The van der Waals surface area contributed by atoms with Gasteiger partial charge in [-0.25, -0.2) is 4.98 Å². The first-order chi connectivity index (χ1) is 9.20. The molecule has 2 aromatic rings. The Labute approximate surface area is 111 Å². The largest absolute Gasteiger partial charge is 0.343 e. The summed E-state index contributed by atoms with van der Waals surface area (Å²) in [5.74, 6) is -0.214. The fourth-order valence-corrected chi connectivity index (χ4v) is 1.73. The molecule has 0 aromatic carbocycles. The molecule has 0 saturated heterocycles. The minimum absolute atomic E-state index is 0.159. The van der Waals surface area contributed by atoms with E-state index in [4.69, 9.17) is 5.73 Å². The molecule has 0 aliphatic heterocycles. The van der Waals surface area contributed by atoms with Crippen molar-refractivity contribution in [2.24, 2.45) is 5.73 Å². The predicted octanol–water partition coefficient (Wildman–Crippen LogP) is 0.728. The number of hydrogen-bond acceptors (Lipinski definition) is 4. The highest BCUT2D eigenvalue weighted by atomic mass is 16.2. The van der Waals surface area contributed by atoms with E-state index in [2.05, 4.69) is 15.3 Å². The summed E-state index contributed by atoms with van der Waals surface area (Å²) in [5, 5.41) is 2.86. The molecule has 2 heterocycles. The van der Waals surface area contributed by atoms with Crippen molar-refractivity contribution in [2.45, 2.75) is 19.5 Å². The van der Waals surface area contributed by atoms with Gasteiger partial charge < -0.3 is 15.6 Å². The van der Waals surface area contributed by atoms with Crippen LogP contribution in [-0.2, 0) is 6.54 Å². The summed E-state index contributed by atoms with van der Waals surface area (Å²) in [6.45, 7) is 3.05. The standard InChI is InChI=1S/C13H17N5O/c1-10(11-4-2-3-6-15-11)17-13(19)12-8-18(7-5-14)9-16-12/h2-4,6,8-10H,5,7,14H2,1H3,(H,17,19)/t10-/m1/s1. The average Bonchev–Trinajstić information content (AvgIpc) is 2.89. The van der Waals surface area contributed by atoms with E-state index in [1.165, 1.54) is 0 Å². The van der Waals surface area contributed by atoms with E-state index in [1.807, 2.05) is 25.1 Å². The van der Waals surface area contributed by atoms with Crippen LogP contribution in [0.1, 0.15) is 29.1 Å². The molecule has 1 amide bonds. The lowest BCUT2D eigenvalue weighted by molar-refractivity contribution is 0.0934. The molecule has 19 heavy (non-hydrogen) atoms. The summed E-state index contributed by atoms with van der Waals surface area (Å²) in [6, 6.07) is 5.44. The van der Waals surface area contributed by atoms with Crippen molar-refractivity contribution >= 4 is 5.91 Å². The monoisotopic (exact) mass is 259 g/mol. The Kier molecular flexibility index (Phi) is 4.25. The van der Waals surface area contributed by atoms with Crippen LogP contribution in [0.5, 0.6) is 0 Å². The van der Waals surface area contributed by atoms with Crippen molar-refractivity contribution in [2.75, 3.05) is 6.54 Å². The maximum atomic E-state index is 12.0. The van der Waals surface area contributed by atoms with Crippen molar-refractivity contribution in [3.63, 3.8) is 0 Å². The van der Waals surface area contributed by atoms with E-state index in [9.17, 15) is 4.79 Å². The van der Waals surface area contributed by atoms with Crippen LogP contribution in [0.15, 0.2) is 36.9 Å². The van der Waals surface area contributed by atoms with Crippen LogP contribution in [0.3, 0.4) is 0 Å². The molecule has 0 spiro atoms. The molecular formula is C13H17N5O. The first-order valence-electron chi connectivity index (χ1n) is 6.14. The van der Waals surface area contributed by atoms with Gasteiger partial charge in [0.25, 0.3) is 5.91 Å². The molecule has 2 aromatic heterocycles. The molecule has 6 heteroatoms. The third kappa shape index (κ3) is 3.38. The number of carbonyl (C=O) groups is 1. The first-order valence-corrected chi connectivity index (χ1v) is 6.14. The SMILES string of the molecule is C[C@@H](NC(=O)c1cn(CCN)cn1)c1ccccn1. The fourth-order valence-electron chi connectivity index (χ4n) is 1.73. The van der Waals surface area contributed by atoms with E-state index in [0.29, 0.717) is 18.8 Å². The topological polar surface area (TPSA) is 85.8 Å². The highest BCUT2D eigenvalue weighted by molar-refractivity contribution is 5.92. The second-order valence-electron chi connectivity index (χ2n) is 4.24. The maximum absolute atomic E-state index is 12.0. The van der Waals surface area contributed by atoms with E-state index in [-0.39, 0.29) is 11.9 Å². The molecule has 0 bridgehead atoms. The van der Waals surface area contributed by atoms with E-state index >= 15 is 0 Å².